The van der Waals surface area contributed by atoms with E-state index in [4.69, 9.17) is 11.5 Å². The Bertz CT molecular complexity index is 246. The predicted molar refractivity (Wildman–Crippen MR) is 65.6 cm³/mol. The second-order valence-corrected chi connectivity index (χ2v) is 4.47. The summed E-state index contributed by atoms with van der Waals surface area (Å²) in [7, 11) is 0. The minimum atomic E-state index is 0.784. The van der Waals surface area contributed by atoms with Gasteiger partial charge in [0, 0.05) is 18.0 Å². The molecular weight excluding hydrogens is 192 g/mol. The highest BCUT2D eigenvalue weighted by molar-refractivity contribution is 7.99. The number of rotatable bonds is 6. The molecule has 0 saturated heterocycles. The van der Waals surface area contributed by atoms with Crippen molar-refractivity contribution in [1.82, 2.24) is 0 Å². The Balaban J connectivity index is 2.15. The highest BCUT2D eigenvalue weighted by atomic mass is 32.2. The van der Waals surface area contributed by atoms with Gasteiger partial charge in [-0.2, -0.15) is 11.8 Å². The van der Waals surface area contributed by atoms with Crippen LogP contribution in [0.15, 0.2) is 24.3 Å². The molecule has 0 radical (unpaired) electrons. The van der Waals surface area contributed by atoms with Crippen LogP contribution in [0.2, 0.25) is 0 Å². The second-order valence-electron chi connectivity index (χ2n) is 3.25. The lowest BCUT2D eigenvalue weighted by molar-refractivity contribution is 0.932. The van der Waals surface area contributed by atoms with Gasteiger partial charge in [0.2, 0.25) is 0 Å². The van der Waals surface area contributed by atoms with Crippen LogP contribution >= 0.6 is 11.8 Å². The summed E-state index contributed by atoms with van der Waals surface area (Å²) < 4.78 is 0. The van der Waals surface area contributed by atoms with Crippen LogP contribution in [-0.4, -0.2) is 18.1 Å². The van der Waals surface area contributed by atoms with Crippen molar-refractivity contribution < 1.29 is 0 Å². The average molecular weight is 210 g/mol. The molecule has 1 rings (SSSR count). The molecule has 2 nitrogen and oxygen atoms in total. The smallest absolute Gasteiger partial charge is 0.0314 e. The summed E-state index contributed by atoms with van der Waals surface area (Å²) >= 11 is 1.93. The number of nitrogen functional groups attached to an aromatic ring is 1. The number of thioether (sulfide) groups is 1. The molecule has 1 aromatic carbocycles. The van der Waals surface area contributed by atoms with E-state index in [1.807, 2.05) is 23.9 Å². The van der Waals surface area contributed by atoms with E-state index < -0.39 is 0 Å². The quantitative estimate of drug-likeness (QED) is 0.557. The zero-order valence-corrected chi connectivity index (χ0v) is 9.22. The molecule has 0 saturated carbocycles. The molecule has 1 aromatic rings. The summed E-state index contributed by atoms with van der Waals surface area (Å²) in [6, 6.07) is 8.12. The minimum Gasteiger partial charge on any atom is -0.399 e. The van der Waals surface area contributed by atoms with Crippen molar-refractivity contribution in [3.8, 4) is 0 Å². The molecule has 4 N–H and O–H groups in total. The first-order valence-electron chi connectivity index (χ1n) is 4.95. The molecule has 0 fully saturated rings. The summed E-state index contributed by atoms with van der Waals surface area (Å²) in [5.74, 6) is 2.27. The van der Waals surface area contributed by atoms with Crippen molar-refractivity contribution in [3.63, 3.8) is 0 Å². The number of aryl methyl sites for hydroxylation is 1. The van der Waals surface area contributed by atoms with Gasteiger partial charge < -0.3 is 11.5 Å². The van der Waals surface area contributed by atoms with Crippen molar-refractivity contribution in [2.24, 2.45) is 5.73 Å². The van der Waals surface area contributed by atoms with E-state index in [2.05, 4.69) is 12.1 Å². The van der Waals surface area contributed by atoms with Crippen LogP contribution in [0.5, 0.6) is 0 Å². The van der Waals surface area contributed by atoms with Crippen LogP contribution in [0.25, 0.3) is 0 Å². The van der Waals surface area contributed by atoms with Gasteiger partial charge in [-0.15, -0.1) is 0 Å². The molecule has 0 bridgehead atoms. The van der Waals surface area contributed by atoms with Gasteiger partial charge in [0.25, 0.3) is 0 Å². The first-order valence-corrected chi connectivity index (χ1v) is 6.10. The third-order valence-electron chi connectivity index (χ3n) is 2.00. The lowest BCUT2D eigenvalue weighted by Crippen LogP contribution is -2.02. The third-order valence-corrected chi connectivity index (χ3v) is 3.10. The van der Waals surface area contributed by atoms with Gasteiger partial charge in [-0.1, -0.05) is 12.1 Å². The van der Waals surface area contributed by atoms with Gasteiger partial charge in [-0.3, -0.25) is 0 Å². The number of nitrogens with two attached hydrogens (primary N) is 2. The van der Waals surface area contributed by atoms with E-state index in [0.29, 0.717) is 0 Å². The maximum absolute atomic E-state index is 5.60. The first kappa shape index (κ1) is 11.4. The van der Waals surface area contributed by atoms with E-state index in [1.165, 1.54) is 17.7 Å². The predicted octanol–water partition coefficient (Wildman–Crippen LogP) is 1.89. The Morgan fingerprint density at radius 2 is 1.79 bits per heavy atom. The molecule has 0 unspecified atom stereocenters. The molecule has 0 aromatic heterocycles. The van der Waals surface area contributed by atoms with Crippen LogP contribution in [0.1, 0.15) is 12.0 Å². The van der Waals surface area contributed by atoms with E-state index in [1.54, 1.807) is 0 Å². The normalized spacial score (nSPS) is 10.4. The van der Waals surface area contributed by atoms with Crippen molar-refractivity contribution >= 4 is 17.4 Å². The van der Waals surface area contributed by atoms with E-state index in [0.717, 1.165) is 24.4 Å². The van der Waals surface area contributed by atoms with Crippen LogP contribution < -0.4 is 11.5 Å². The molecular formula is C11H18N2S. The summed E-state index contributed by atoms with van der Waals surface area (Å²) in [6.45, 7) is 0.784. The number of benzene rings is 1. The fourth-order valence-corrected chi connectivity index (χ4v) is 1.97. The minimum absolute atomic E-state index is 0.784. The van der Waals surface area contributed by atoms with Crippen molar-refractivity contribution in [2.45, 2.75) is 12.8 Å². The molecule has 0 spiro atoms. The summed E-state index contributed by atoms with van der Waals surface area (Å²) in [5, 5.41) is 0. The lowest BCUT2D eigenvalue weighted by Gasteiger charge is -2.01. The zero-order valence-electron chi connectivity index (χ0n) is 8.41. The van der Waals surface area contributed by atoms with Crippen molar-refractivity contribution in [3.05, 3.63) is 29.8 Å². The average Bonchev–Trinajstić information content (AvgIpc) is 2.21. The lowest BCUT2D eigenvalue weighted by atomic mass is 10.1. The third kappa shape index (κ3) is 4.53. The monoisotopic (exact) mass is 210 g/mol. The Kier molecular flexibility index (Phi) is 5.49. The van der Waals surface area contributed by atoms with Gasteiger partial charge in [-0.05, 0) is 36.3 Å². The number of hydrogen-bond donors (Lipinski definition) is 2. The van der Waals surface area contributed by atoms with E-state index in [9.17, 15) is 0 Å². The highest BCUT2D eigenvalue weighted by Gasteiger charge is 1.93. The SMILES string of the molecule is NCCSCCCc1ccc(N)cc1. The van der Waals surface area contributed by atoms with Gasteiger partial charge >= 0.3 is 0 Å². The summed E-state index contributed by atoms with van der Waals surface area (Å²) in [6.07, 6.45) is 2.35. The Hall–Kier alpha value is -0.670. The second kappa shape index (κ2) is 6.74. The standard InChI is InChI=1S/C11H18N2S/c12-7-9-14-8-1-2-10-3-5-11(13)6-4-10/h3-6H,1-2,7-9,12-13H2. The fourth-order valence-electron chi connectivity index (χ4n) is 1.25. The topological polar surface area (TPSA) is 52.0 Å². The van der Waals surface area contributed by atoms with Gasteiger partial charge in [0.05, 0.1) is 0 Å². The molecule has 0 aliphatic carbocycles. The highest BCUT2D eigenvalue weighted by Crippen LogP contribution is 2.09. The van der Waals surface area contributed by atoms with Crippen LogP contribution in [0, 0.1) is 0 Å². The molecule has 0 heterocycles. The molecule has 0 aliphatic heterocycles. The largest absolute Gasteiger partial charge is 0.399 e. The van der Waals surface area contributed by atoms with Gasteiger partial charge in [0.1, 0.15) is 0 Å². The van der Waals surface area contributed by atoms with Crippen LogP contribution in [-0.2, 0) is 6.42 Å². The van der Waals surface area contributed by atoms with Crippen molar-refractivity contribution in [1.29, 1.82) is 0 Å². The number of anilines is 1. The van der Waals surface area contributed by atoms with Crippen molar-refractivity contribution in [2.75, 3.05) is 23.8 Å². The fraction of sp³-hybridized carbons (Fsp3) is 0.455. The molecule has 3 heteroatoms. The van der Waals surface area contributed by atoms with Crippen LogP contribution in [0.3, 0.4) is 0 Å². The summed E-state index contributed by atoms with van der Waals surface area (Å²) in [4.78, 5) is 0. The van der Waals surface area contributed by atoms with E-state index >= 15 is 0 Å². The Morgan fingerprint density at radius 3 is 2.43 bits per heavy atom. The zero-order chi connectivity index (χ0) is 10.2. The Morgan fingerprint density at radius 1 is 1.07 bits per heavy atom. The maximum Gasteiger partial charge on any atom is 0.0314 e. The molecule has 78 valence electrons. The van der Waals surface area contributed by atoms with E-state index in [-0.39, 0.29) is 0 Å². The molecule has 14 heavy (non-hydrogen) atoms. The molecule has 0 atom stereocenters. The maximum atomic E-state index is 5.60. The molecule has 0 amide bonds. The van der Waals surface area contributed by atoms with Gasteiger partial charge in [-0.25, -0.2) is 0 Å². The van der Waals surface area contributed by atoms with Crippen LogP contribution in [0.4, 0.5) is 5.69 Å². The Labute approximate surface area is 90.1 Å². The van der Waals surface area contributed by atoms with Gasteiger partial charge in [0.15, 0.2) is 0 Å². The summed E-state index contributed by atoms with van der Waals surface area (Å²) in [5.41, 5.74) is 13.2. The first-order chi connectivity index (χ1) is 6.83. The molecule has 0 aliphatic rings. The number of hydrogen-bond acceptors (Lipinski definition) is 3.